The van der Waals surface area contributed by atoms with Gasteiger partial charge in [-0.15, -0.1) is 0 Å². The van der Waals surface area contributed by atoms with Crippen molar-refractivity contribution in [1.29, 1.82) is 0 Å². The molecule has 1 aromatic heterocycles. The van der Waals surface area contributed by atoms with E-state index in [1.807, 2.05) is 41.6 Å². The van der Waals surface area contributed by atoms with Crippen molar-refractivity contribution in [3.63, 3.8) is 0 Å². The van der Waals surface area contributed by atoms with Crippen LogP contribution in [0.3, 0.4) is 0 Å². The summed E-state index contributed by atoms with van der Waals surface area (Å²) >= 11 is 2.23. The van der Waals surface area contributed by atoms with Crippen LogP contribution in [0.2, 0.25) is 0 Å². The number of carbonyl (C=O) groups is 1. The number of aryl methyl sites for hydroxylation is 1. The molecule has 27 heavy (non-hydrogen) atoms. The van der Waals surface area contributed by atoms with E-state index in [-0.39, 0.29) is 5.91 Å². The Morgan fingerprint density at radius 3 is 2.41 bits per heavy atom. The molecule has 0 atom stereocenters. The predicted octanol–water partition coefficient (Wildman–Crippen LogP) is 3.75. The second-order valence-corrected chi connectivity index (χ2v) is 7.85. The van der Waals surface area contributed by atoms with Crippen LogP contribution < -0.4 is 4.90 Å². The number of hydrogen-bond donors (Lipinski definition) is 0. The van der Waals surface area contributed by atoms with Crippen molar-refractivity contribution in [3.05, 3.63) is 75.6 Å². The van der Waals surface area contributed by atoms with Crippen LogP contribution in [-0.4, -0.2) is 46.5 Å². The molecule has 0 spiro atoms. The summed E-state index contributed by atoms with van der Waals surface area (Å²) in [5.74, 6) is 1.04. The number of nitrogens with zero attached hydrogens (tertiary/aromatic N) is 4. The van der Waals surface area contributed by atoms with Gasteiger partial charge in [-0.2, -0.15) is 0 Å². The first-order valence-electron chi connectivity index (χ1n) is 9.02. The SMILES string of the molecule is Cc1ccc(-n2ccnc2N2CCN(C(=O)c3ccccc3I)CC2)cc1. The smallest absolute Gasteiger partial charge is 0.255 e. The zero-order valence-electron chi connectivity index (χ0n) is 15.2. The highest BCUT2D eigenvalue weighted by atomic mass is 127. The molecule has 0 aliphatic carbocycles. The minimum atomic E-state index is 0.113. The molecule has 1 saturated heterocycles. The summed E-state index contributed by atoms with van der Waals surface area (Å²) in [6.45, 7) is 5.04. The molecule has 3 aromatic rings. The standard InChI is InChI=1S/C21H21IN4O/c1-16-6-8-17(9-7-16)26-11-10-23-21(26)25-14-12-24(13-15-25)20(27)18-4-2-3-5-19(18)22/h2-11H,12-15H2,1H3. The first-order valence-corrected chi connectivity index (χ1v) is 10.1. The monoisotopic (exact) mass is 472 g/mol. The quantitative estimate of drug-likeness (QED) is 0.546. The summed E-state index contributed by atoms with van der Waals surface area (Å²) < 4.78 is 3.11. The molecule has 0 N–H and O–H groups in total. The lowest BCUT2D eigenvalue weighted by Crippen LogP contribution is -2.49. The fourth-order valence-electron chi connectivity index (χ4n) is 3.35. The Bertz CT molecular complexity index is 943. The van der Waals surface area contributed by atoms with Gasteiger partial charge < -0.3 is 9.80 Å². The summed E-state index contributed by atoms with van der Waals surface area (Å²) in [6.07, 6.45) is 3.82. The van der Waals surface area contributed by atoms with Crippen molar-refractivity contribution in [2.24, 2.45) is 0 Å². The highest BCUT2D eigenvalue weighted by Gasteiger charge is 2.25. The molecule has 1 aliphatic heterocycles. The van der Waals surface area contributed by atoms with Crippen LogP contribution in [0.5, 0.6) is 0 Å². The number of amides is 1. The molecular weight excluding hydrogens is 451 g/mol. The average Bonchev–Trinajstić information content (AvgIpc) is 3.18. The lowest BCUT2D eigenvalue weighted by Gasteiger charge is -2.35. The van der Waals surface area contributed by atoms with Gasteiger partial charge >= 0.3 is 0 Å². The number of piperazine rings is 1. The molecule has 1 fully saturated rings. The van der Waals surface area contributed by atoms with Crippen molar-refractivity contribution in [3.8, 4) is 5.69 Å². The third kappa shape index (κ3) is 3.71. The van der Waals surface area contributed by atoms with Crippen LogP contribution in [0.25, 0.3) is 5.69 Å². The molecule has 0 bridgehead atoms. The van der Waals surface area contributed by atoms with Gasteiger partial charge in [0.1, 0.15) is 0 Å². The number of halogens is 1. The summed E-state index contributed by atoms with van der Waals surface area (Å²) in [5.41, 5.74) is 3.13. The van der Waals surface area contributed by atoms with Gasteiger partial charge in [-0.3, -0.25) is 9.36 Å². The maximum atomic E-state index is 12.8. The van der Waals surface area contributed by atoms with Gasteiger partial charge in [0.2, 0.25) is 5.95 Å². The van der Waals surface area contributed by atoms with Gasteiger partial charge in [0.25, 0.3) is 5.91 Å². The number of anilines is 1. The van der Waals surface area contributed by atoms with E-state index in [0.29, 0.717) is 13.1 Å². The topological polar surface area (TPSA) is 41.4 Å². The van der Waals surface area contributed by atoms with Gasteiger partial charge in [0.15, 0.2) is 0 Å². The number of rotatable bonds is 3. The van der Waals surface area contributed by atoms with E-state index < -0.39 is 0 Å². The second kappa shape index (κ2) is 7.72. The van der Waals surface area contributed by atoms with Gasteiger partial charge in [-0.25, -0.2) is 4.98 Å². The Labute approximate surface area is 172 Å². The van der Waals surface area contributed by atoms with E-state index in [1.165, 1.54) is 5.56 Å². The second-order valence-electron chi connectivity index (χ2n) is 6.69. The molecule has 138 valence electrons. The van der Waals surface area contributed by atoms with Crippen molar-refractivity contribution in [2.45, 2.75) is 6.92 Å². The van der Waals surface area contributed by atoms with Gasteiger partial charge in [-0.1, -0.05) is 29.8 Å². The largest absolute Gasteiger partial charge is 0.338 e. The number of carbonyl (C=O) groups excluding carboxylic acids is 1. The molecule has 4 rings (SSSR count). The minimum Gasteiger partial charge on any atom is -0.338 e. The van der Waals surface area contributed by atoms with Crippen LogP contribution in [0.4, 0.5) is 5.95 Å². The lowest BCUT2D eigenvalue weighted by atomic mass is 10.2. The number of aromatic nitrogens is 2. The third-order valence-corrected chi connectivity index (χ3v) is 5.83. The Kier molecular flexibility index (Phi) is 5.15. The van der Waals surface area contributed by atoms with E-state index in [9.17, 15) is 4.79 Å². The summed E-state index contributed by atoms with van der Waals surface area (Å²) in [5, 5.41) is 0. The first kappa shape index (κ1) is 18.0. The number of imidazole rings is 1. The number of hydrogen-bond acceptors (Lipinski definition) is 3. The van der Waals surface area contributed by atoms with Gasteiger partial charge in [-0.05, 0) is 53.8 Å². The maximum absolute atomic E-state index is 12.8. The fourth-order valence-corrected chi connectivity index (χ4v) is 3.97. The average molecular weight is 472 g/mol. The predicted molar refractivity (Wildman–Crippen MR) is 116 cm³/mol. The Morgan fingerprint density at radius 2 is 1.70 bits per heavy atom. The Morgan fingerprint density at radius 1 is 1.00 bits per heavy atom. The van der Waals surface area contributed by atoms with Crippen molar-refractivity contribution < 1.29 is 4.79 Å². The molecule has 5 nitrogen and oxygen atoms in total. The lowest BCUT2D eigenvalue weighted by molar-refractivity contribution is 0.0745. The molecule has 1 amide bonds. The molecule has 2 aromatic carbocycles. The minimum absolute atomic E-state index is 0.113. The zero-order chi connectivity index (χ0) is 18.8. The molecule has 0 radical (unpaired) electrons. The molecule has 6 heteroatoms. The van der Waals surface area contributed by atoms with E-state index in [2.05, 4.69) is 68.2 Å². The van der Waals surface area contributed by atoms with Crippen LogP contribution in [0.1, 0.15) is 15.9 Å². The fraction of sp³-hybridized carbons (Fsp3) is 0.238. The van der Waals surface area contributed by atoms with Crippen molar-refractivity contribution in [1.82, 2.24) is 14.5 Å². The molecule has 0 saturated carbocycles. The first-order chi connectivity index (χ1) is 13.1. The highest BCUT2D eigenvalue weighted by Crippen LogP contribution is 2.21. The van der Waals surface area contributed by atoms with E-state index in [1.54, 1.807) is 0 Å². The summed E-state index contributed by atoms with van der Waals surface area (Å²) in [4.78, 5) is 21.6. The highest BCUT2D eigenvalue weighted by molar-refractivity contribution is 14.1. The van der Waals surface area contributed by atoms with Gasteiger partial charge in [0.05, 0.1) is 5.56 Å². The van der Waals surface area contributed by atoms with E-state index >= 15 is 0 Å². The van der Waals surface area contributed by atoms with Gasteiger partial charge in [0, 0.05) is 47.8 Å². The van der Waals surface area contributed by atoms with Crippen LogP contribution in [0.15, 0.2) is 60.9 Å². The maximum Gasteiger partial charge on any atom is 0.255 e. The summed E-state index contributed by atoms with van der Waals surface area (Å²) in [6, 6.07) is 16.2. The third-order valence-electron chi connectivity index (χ3n) is 4.89. The van der Waals surface area contributed by atoms with E-state index in [0.717, 1.165) is 33.9 Å². The van der Waals surface area contributed by atoms with Crippen LogP contribution in [-0.2, 0) is 0 Å². The van der Waals surface area contributed by atoms with E-state index in [4.69, 9.17) is 0 Å². The normalized spacial score (nSPS) is 14.4. The molecular formula is C21H21IN4O. The van der Waals surface area contributed by atoms with Crippen molar-refractivity contribution >= 4 is 34.4 Å². The Balaban J connectivity index is 1.48. The Hall–Kier alpha value is -2.35. The number of benzene rings is 2. The van der Waals surface area contributed by atoms with Crippen molar-refractivity contribution in [2.75, 3.05) is 31.1 Å². The zero-order valence-corrected chi connectivity index (χ0v) is 17.3. The molecule has 2 heterocycles. The van der Waals surface area contributed by atoms with Crippen LogP contribution in [0, 0.1) is 10.5 Å². The molecule has 0 unspecified atom stereocenters. The molecule has 1 aliphatic rings. The summed E-state index contributed by atoms with van der Waals surface area (Å²) in [7, 11) is 0. The van der Waals surface area contributed by atoms with Crippen LogP contribution >= 0.6 is 22.6 Å².